The van der Waals surface area contributed by atoms with Crippen LogP contribution in [0.25, 0.3) is 10.8 Å². The maximum atomic E-state index is 12.2. The van der Waals surface area contributed by atoms with Crippen LogP contribution in [0.4, 0.5) is 5.69 Å². The summed E-state index contributed by atoms with van der Waals surface area (Å²) >= 11 is 0. The number of carbonyl (C=O) groups is 2. The lowest BCUT2D eigenvalue weighted by Gasteiger charge is -2.10. The standard InChI is InChI=1S/C21H19NO4/c1-2-25-21(24)16-9-5-10-17(13-16)26-14-20(23)22-19-12-6-8-15-7-3-4-11-18(15)19/h3-13H,2,14H2,1H3,(H,22,23). The molecule has 3 aromatic rings. The van der Waals surface area contributed by atoms with Gasteiger partial charge >= 0.3 is 5.97 Å². The molecule has 0 radical (unpaired) electrons. The van der Waals surface area contributed by atoms with Gasteiger partial charge in [-0.2, -0.15) is 0 Å². The Bertz CT molecular complexity index is 931. The lowest BCUT2D eigenvalue weighted by Crippen LogP contribution is -2.20. The smallest absolute Gasteiger partial charge is 0.338 e. The summed E-state index contributed by atoms with van der Waals surface area (Å²) < 4.78 is 10.5. The molecule has 5 heteroatoms. The molecule has 0 fully saturated rings. The van der Waals surface area contributed by atoms with Gasteiger partial charge in [0.15, 0.2) is 6.61 Å². The Morgan fingerprint density at radius 3 is 2.58 bits per heavy atom. The molecule has 3 aromatic carbocycles. The Morgan fingerprint density at radius 1 is 0.962 bits per heavy atom. The minimum Gasteiger partial charge on any atom is -0.484 e. The SMILES string of the molecule is CCOC(=O)c1cccc(OCC(=O)Nc2cccc3ccccc23)c1. The number of anilines is 1. The number of ether oxygens (including phenoxy) is 2. The van der Waals surface area contributed by atoms with Crippen molar-refractivity contribution in [2.24, 2.45) is 0 Å². The van der Waals surface area contributed by atoms with Crippen LogP contribution in [-0.4, -0.2) is 25.1 Å². The molecule has 0 atom stereocenters. The Kier molecular flexibility index (Phi) is 5.49. The predicted molar refractivity (Wildman–Crippen MR) is 100 cm³/mol. The van der Waals surface area contributed by atoms with Gasteiger partial charge in [-0.05, 0) is 36.6 Å². The number of benzene rings is 3. The first-order chi connectivity index (χ1) is 12.7. The third-order valence-electron chi connectivity index (χ3n) is 3.78. The van der Waals surface area contributed by atoms with Crippen molar-refractivity contribution in [3.8, 4) is 5.75 Å². The number of rotatable bonds is 6. The van der Waals surface area contributed by atoms with E-state index in [2.05, 4.69) is 5.32 Å². The molecule has 0 heterocycles. The number of esters is 1. The maximum Gasteiger partial charge on any atom is 0.338 e. The number of amides is 1. The zero-order valence-electron chi connectivity index (χ0n) is 14.4. The Balaban J connectivity index is 1.64. The molecular weight excluding hydrogens is 330 g/mol. The highest BCUT2D eigenvalue weighted by Gasteiger charge is 2.09. The molecular formula is C21H19NO4. The summed E-state index contributed by atoms with van der Waals surface area (Å²) in [6, 6.07) is 20.1. The second-order valence-corrected chi connectivity index (χ2v) is 5.61. The number of fused-ring (bicyclic) bond motifs is 1. The third-order valence-corrected chi connectivity index (χ3v) is 3.78. The minimum atomic E-state index is -0.418. The van der Waals surface area contributed by atoms with E-state index in [1.165, 1.54) is 0 Å². The molecule has 5 nitrogen and oxygen atoms in total. The fraction of sp³-hybridized carbons (Fsp3) is 0.143. The summed E-state index contributed by atoms with van der Waals surface area (Å²) in [6.07, 6.45) is 0. The first-order valence-electron chi connectivity index (χ1n) is 8.35. The maximum absolute atomic E-state index is 12.2. The van der Waals surface area contributed by atoms with Crippen molar-refractivity contribution in [1.29, 1.82) is 0 Å². The van der Waals surface area contributed by atoms with Gasteiger partial charge < -0.3 is 14.8 Å². The van der Waals surface area contributed by atoms with Crippen molar-refractivity contribution >= 4 is 28.3 Å². The van der Waals surface area contributed by atoms with Gasteiger partial charge in [0, 0.05) is 11.1 Å². The Hall–Kier alpha value is -3.34. The normalized spacial score (nSPS) is 10.3. The van der Waals surface area contributed by atoms with Crippen LogP contribution in [0.3, 0.4) is 0 Å². The summed E-state index contributed by atoms with van der Waals surface area (Å²) in [4.78, 5) is 24.0. The number of hydrogen-bond donors (Lipinski definition) is 1. The van der Waals surface area contributed by atoms with Gasteiger partial charge in [-0.15, -0.1) is 0 Å². The summed E-state index contributed by atoms with van der Waals surface area (Å²) in [5.74, 6) is -0.260. The molecule has 0 spiro atoms. The van der Waals surface area contributed by atoms with E-state index in [9.17, 15) is 9.59 Å². The van der Waals surface area contributed by atoms with Gasteiger partial charge in [0.2, 0.25) is 0 Å². The van der Waals surface area contributed by atoms with Crippen LogP contribution >= 0.6 is 0 Å². The molecule has 26 heavy (non-hydrogen) atoms. The van der Waals surface area contributed by atoms with Crippen LogP contribution in [0.5, 0.6) is 5.75 Å². The molecule has 0 aliphatic carbocycles. The van der Waals surface area contributed by atoms with Crippen LogP contribution < -0.4 is 10.1 Å². The van der Waals surface area contributed by atoms with Crippen molar-refractivity contribution in [2.45, 2.75) is 6.92 Å². The van der Waals surface area contributed by atoms with E-state index >= 15 is 0 Å². The van der Waals surface area contributed by atoms with E-state index in [-0.39, 0.29) is 12.5 Å². The Morgan fingerprint density at radius 2 is 1.73 bits per heavy atom. The second-order valence-electron chi connectivity index (χ2n) is 5.61. The molecule has 1 amide bonds. The molecule has 0 saturated heterocycles. The van der Waals surface area contributed by atoms with Crippen LogP contribution in [0.1, 0.15) is 17.3 Å². The zero-order valence-corrected chi connectivity index (χ0v) is 14.4. The fourth-order valence-corrected chi connectivity index (χ4v) is 2.60. The largest absolute Gasteiger partial charge is 0.484 e. The van der Waals surface area contributed by atoms with Crippen molar-refractivity contribution in [1.82, 2.24) is 0 Å². The molecule has 0 saturated carbocycles. The quantitative estimate of drug-likeness (QED) is 0.682. The molecule has 0 aliphatic heterocycles. The molecule has 1 N–H and O–H groups in total. The van der Waals surface area contributed by atoms with E-state index in [1.54, 1.807) is 31.2 Å². The topological polar surface area (TPSA) is 64.6 Å². The fourth-order valence-electron chi connectivity index (χ4n) is 2.60. The van der Waals surface area contributed by atoms with E-state index < -0.39 is 5.97 Å². The molecule has 0 aromatic heterocycles. The van der Waals surface area contributed by atoms with E-state index in [4.69, 9.17) is 9.47 Å². The van der Waals surface area contributed by atoms with Crippen LogP contribution in [-0.2, 0) is 9.53 Å². The molecule has 0 unspecified atom stereocenters. The van der Waals surface area contributed by atoms with Crippen LogP contribution in [0.15, 0.2) is 66.7 Å². The van der Waals surface area contributed by atoms with Crippen molar-refractivity contribution in [3.63, 3.8) is 0 Å². The van der Waals surface area contributed by atoms with E-state index in [0.717, 1.165) is 16.5 Å². The average molecular weight is 349 g/mol. The number of nitrogens with one attached hydrogen (secondary N) is 1. The highest BCUT2D eigenvalue weighted by molar-refractivity contribution is 6.02. The number of carbonyl (C=O) groups excluding carboxylic acids is 2. The van der Waals surface area contributed by atoms with Crippen molar-refractivity contribution in [2.75, 3.05) is 18.5 Å². The first kappa shape index (κ1) is 17.5. The lowest BCUT2D eigenvalue weighted by atomic mass is 10.1. The van der Waals surface area contributed by atoms with Crippen LogP contribution in [0, 0.1) is 0 Å². The second kappa shape index (κ2) is 8.16. The predicted octanol–water partition coefficient (Wildman–Crippen LogP) is 4.03. The zero-order chi connectivity index (χ0) is 18.4. The summed E-state index contributed by atoms with van der Waals surface area (Å²) in [5.41, 5.74) is 1.12. The van der Waals surface area contributed by atoms with Crippen LogP contribution in [0.2, 0.25) is 0 Å². The van der Waals surface area contributed by atoms with Crippen molar-refractivity contribution in [3.05, 3.63) is 72.3 Å². The summed E-state index contributed by atoms with van der Waals surface area (Å²) in [5, 5.41) is 4.87. The summed E-state index contributed by atoms with van der Waals surface area (Å²) in [7, 11) is 0. The summed E-state index contributed by atoms with van der Waals surface area (Å²) in [6.45, 7) is 1.89. The highest BCUT2D eigenvalue weighted by atomic mass is 16.5. The van der Waals surface area contributed by atoms with Gasteiger partial charge in [0.05, 0.1) is 12.2 Å². The molecule has 3 rings (SSSR count). The van der Waals surface area contributed by atoms with Gasteiger partial charge in [-0.25, -0.2) is 4.79 Å². The monoisotopic (exact) mass is 349 g/mol. The molecule has 132 valence electrons. The molecule has 0 aliphatic rings. The average Bonchev–Trinajstić information content (AvgIpc) is 2.67. The Labute approximate surface area is 151 Å². The third kappa shape index (κ3) is 4.19. The number of hydrogen-bond acceptors (Lipinski definition) is 4. The van der Waals surface area contributed by atoms with E-state index in [0.29, 0.717) is 17.9 Å². The van der Waals surface area contributed by atoms with Gasteiger partial charge in [-0.3, -0.25) is 4.79 Å². The lowest BCUT2D eigenvalue weighted by molar-refractivity contribution is -0.118. The van der Waals surface area contributed by atoms with Gasteiger partial charge in [0.1, 0.15) is 5.75 Å². The van der Waals surface area contributed by atoms with Crippen molar-refractivity contribution < 1.29 is 19.1 Å². The van der Waals surface area contributed by atoms with Gasteiger partial charge in [-0.1, -0.05) is 42.5 Å². The minimum absolute atomic E-state index is 0.157. The van der Waals surface area contributed by atoms with Gasteiger partial charge in [0.25, 0.3) is 5.91 Å². The van der Waals surface area contributed by atoms with E-state index in [1.807, 2.05) is 42.5 Å². The molecule has 0 bridgehead atoms. The first-order valence-corrected chi connectivity index (χ1v) is 8.35. The highest BCUT2D eigenvalue weighted by Crippen LogP contribution is 2.23.